The third-order valence-electron chi connectivity index (χ3n) is 5.87. The van der Waals surface area contributed by atoms with Gasteiger partial charge in [-0.15, -0.1) is 0 Å². The summed E-state index contributed by atoms with van der Waals surface area (Å²) in [6.45, 7) is 6.62. The van der Waals surface area contributed by atoms with E-state index in [1.807, 2.05) is 11.0 Å². The maximum atomic E-state index is 13.6. The molecular weight excluding hydrogens is 343 g/mol. The van der Waals surface area contributed by atoms with E-state index in [9.17, 15) is 9.18 Å². The van der Waals surface area contributed by atoms with Crippen molar-refractivity contribution < 1.29 is 13.9 Å². The number of amides is 1. The molecule has 1 aromatic carbocycles. The molecule has 0 radical (unpaired) electrons. The van der Waals surface area contributed by atoms with Crippen LogP contribution in [0.15, 0.2) is 18.2 Å². The Morgan fingerprint density at radius 1 is 1.40 bits per heavy atom. The van der Waals surface area contributed by atoms with Gasteiger partial charge in [0.05, 0.1) is 11.6 Å². The van der Waals surface area contributed by atoms with Gasteiger partial charge in [-0.3, -0.25) is 9.69 Å². The fourth-order valence-corrected chi connectivity index (χ4v) is 4.44. The third-order valence-corrected chi connectivity index (χ3v) is 6.17. The Morgan fingerprint density at radius 2 is 2.12 bits per heavy atom. The number of ether oxygens (including phenoxy) is 1. The fourth-order valence-electron chi connectivity index (χ4n) is 4.32. The highest BCUT2D eigenvalue weighted by Gasteiger charge is 2.48. The van der Waals surface area contributed by atoms with Crippen LogP contribution < -0.4 is 0 Å². The molecule has 2 saturated heterocycles. The molecule has 4 nitrogen and oxygen atoms in total. The Kier molecular flexibility index (Phi) is 5.66. The quantitative estimate of drug-likeness (QED) is 0.818. The summed E-state index contributed by atoms with van der Waals surface area (Å²) in [6, 6.07) is 5.03. The summed E-state index contributed by atoms with van der Waals surface area (Å²) >= 11 is 5.76. The van der Waals surface area contributed by atoms with Gasteiger partial charge in [0.1, 0.15) is 5.82 Å². The van der Waals surface area contributed by atoms with Crippen LogP contribution in [0.1, 0.15) is 25.3 Å². The zero-order valence-corrected chi connectivity index (χ0v) is 15.7. The Hall–Kier alpha value is -1.17. The molecule has 0 bridgehead atoms. The average Bonchev–Trinajstić information content (AvgIpc) is 2.92. The molecule has 1 unspecified atom stereocenters. The predicted molar refractivity (Wildman–Crippen MR) is 96.0 cm³/mol. The monoisotopic (exact) mass is 368 g/mol. The lowest BCUT2D eigenvalue weighted by atomic mass is 9.71. The van der Waals surface area contributed by atoms with E-state index in [4.69, 9.17) is 16.3 Å². The summed E-state index contributed by atoms with van der Waals surface area (Å²) < 4.78 is 19.0. The van der Waals surface area contributed by atoms with Gasteiger partial charge in [0.15, 0.2) is 0 Å². The van der Waals surface area contributed by atoms with Gasteiger partial charge in [-0.05, 0) is 49.0 Å². The minimum absolute atomic E-state index is 0.150. The van der Waals surface area contributed by atoms with Crippen LogP contribution in [-0.2, 0) is 16.1 Å². The van der Waals surface area contributed by atoms with Crippen LogP contribution in [0.4, 0.5) is 4.39 Å². The lowest BCUT2D eigenvalue weighted by Crippen LogP contribution is -2.45. The molecule has 6 heteroatoms. The molecule has 2 fully saturated rings. The van der Waals surface area contributed by atoms with Gasteiger partial charge in [-0.25, -0.2) is 4.39 Å². The molecule has 138 valence electrons. The second kappa shape index (κ2) is 7.60. The van der Waals surface area contributed by atoms with Gasteiger partial charge in [-0.2, -0.15) is 0 Å². The minimum Gasteiger partial charge on any atom is -0.384 e. The first-order chi connectivity index (χ1) is 11.9. The van der Waals surface area contributed by atoms with Gasteiger partial charge in [0.2, 0.25) is 5.91 Å². The number of hydrogen-bond acceptors (Lipinski definition) is 3. The van der Waals surface area contributed by atoms with Gasteiger partial charge < -0.3 is 9.64 Å². The molecule has 3 rings (SSSR count). The highest BCUT2D eigenvalue weighted by molar-refractivity contribution is 6.30. The van der Waals surface area contributed by atoms with Crippen LogP contribution in [0.25, 0.3) is 0 Å². The van der Waals surface area contributed by atoms with Crippen molar-refractivity contribution in [3.05, 3.63) is 34.6 Å². The van der Waals surface area contributed by atoms with Crippen molar-refractivity contribution in [2.75, 3.05) is 39.9 Å². The lowest BCUT2D eigenvalue weighted by Gasteiger charge is -2.42. The normalized spacial score (nSPS) is 23.4. The van der Waals surface area contributed by atoms with E-state index < -0.39 is 0 Å². The summed E-state index contributed by atoms with van der Waals surface area (Å²) in [5, 5.41) is 0.166. The zero-order chi connectivity index (χ0) is 18.0. The standard InChI is InChI=1S/C19H26ClFN2O2/c1-14(24)23-11-16(12-25-2)19(13-23)5-7-22(8-6-19)10-15-3-4-17(20)18(21)9-15/h3-4,9,16H,5-8,10-13H2,1-2H3. The SMILES string of the molecule is COCC1CN(C(C)=O)CC12CCN(Cc1ccc(Cl)c(F)c1)CC2. The second-order valence-corrected chi connectivity index (χ2v) is 7.85. The molecule has 1 spiro atoms. The molecular formula is C19H26ClFN2O2. The van der Waals surface area contributed by atoms with Crippen LogP contribution in [0.5, 0.6) is 0 Å². The van der Waals surface area contributed by atoms with Crippen LogP contribution in [0.2, 0.25) is 5.02 Å². The van der Waals surface area contributed by atoms with Crippen molar-refractivity contribution in [2.45, 2.75) is 26.3 Å². The van der Waals surface area contributed by atoms with Gasteiger partial charge in [-0.1, -0.05) is 17.7 Å². The van der Waals surface area contributed by atoms with Crippen LogP contribution in [0, 0.1) is 17.2 Å². The highest BCUT2D eigenvalue weighted by atomic mass is 35.5. The Balaban J connectivity index is 1.63. The van der Waals surface area contributed by atoms with Crippen molar-refractivity contribution in [1.82, 2.24) is 9.80 Å². The smallest absolute Gasteiger partial charge is 0.219 e. The summed E-state index contributed by atoms with van der Waals surface area (Å²) in [6.07, 6.45) is 2.09. The molecule has 0 aliphatic carbocycles. The summed E-state index contributed by atoms with van der Waals surface area (Å²) in [7, 11) is 1.73. The van der Waals surface area contributed by atoms with E-state index in [-0.39, 0.29) is 22.2 Å². The molecule has 2 aliphatic heterocycles. The van der Waals surface area contributed by atoms with Crippen molar-refractivity contribution in [3.8, 4) is 0 Å². The van der Waals surface area contributed by atoms with E-state index >= 15 is 0 Å². The number of carbonyl (C=O) groups is 1. The van der Waals surface area contributed by atoms with Gasteiger partial charge in [0.25, 0.3) is 0 Å². The van der Waals surface area contributed by atoms with Crippen LogP contribution >= 0.6 is 11.6 Å². The van der Waals surface area contributed by atoms with Crippen LogP contribution in [-0.4, -0.2) is 55.6 Å². The Morgan fingerprint density at radius 3 is 2.72 bits per heavy atom. The number of benzene rings is 1. The summed E-state index contributed by atoms with van der Waals surface area (Å²) in [4.78, 5) is 16.1. The third kappa shape index (κ3) is 3.99. The molecule has 0 N–H and O–H groups in total. The molecule has 1 atom stereocenters. The van der Waals surface area contributed by atoms with E-state index in [1.165, 1.54) is 6.07 Å². The molecule has 25 heavy (non-hydrogen) atoms. The fraction of sp³-hybridized carbons (Fsp3) is 0.632. The molecule has 0 saturated carbocycles. The molecule has 1 amide bonds. The van der Waals surface area contributed by atoms with E-state index in [2.05, 4.69) is 4.90 Å². The molecule has 0 aromatic heterocycles. The Labute approximate surface area is 153 Å². The highest BCUT2D eigenvalue weighted by Crippen LogP contribution is 2.45. The van der Waals surface area contributed by atoms with E-state index in [0.717, 1.165) is 51.1 Å². The first-order valence-electron chi connectivity index (χ1n) is 8.84. The maximum absolute atomic E-state index is 13.6. The number of methoxy groups -OCH3 is 1. The van der Waals surface area contributed by atoms with E-state index in [0.29, 0.717) is 12.5 Å². The van der Waals surface area contributed by atoms with Crippen LogP contribution in [0.3, 0.4) is 0 Å². The van der Waals surface area contributed by atoms with Gasteiger partial charge in [0, 0.05) is 39.6 Å². The van der Waals surface area contributed by atoms with E-state index in [1.54, 1.807) is 20.1 Å². The van der Waals surface area contributed by atoms with Crippen molar-refractivity contribution in [1.29, 1.82) is 0 Å². The number of carbonyl (C=O) groups excluding carboxylic acids is 1. The largest absolute Gasteiger partial charge is 0.384 e. The topological polar surface area (TPSA) is 32.8 Å². The summed E-state index contributed by atoms with van der Waals surface area (Å²) in [5.74, 6) is 0.189. The maximum Gasteiger partial charge on any atom is 0.219 e. The first kappa shape index (κ1) is 18.6. The minimum atomic E-state index is -0.360. The molecule has 2 heterocycles. The van der Waals surface area contributed by atoms with Crippen molar-refractivity contribution in [3.63, 3.8) is 0 Å². The number of piperidine rings is 1. The summed E-state index contributed by atoms with van der Waals surface area (Å²) in [5.41, 5.74) is 1.10. The predicted octanol–water partition coefficient (Wildman–Crippen LogP) is 3.19. The lowest BCUT2D eigenvalue weighted by molar-refractivity contribution is -0.128. The average molecular weight is 369 g/mol. The number of rotatable bonds is 4. The molecule has 1 aromatic rings. The number of likely N-dealkylation sites (tertiary alicyclic amines) is 2. The second-order valence-electron chi connectivity index (χ2n) is 7.44. The first-order valence-corrected chi connectivity index (χ1v) is 9.22. The number of hydrogen-bond donors (Lipinski definition) is 0. The van der Waals surface area contributed by atoms with Crippen molar-refractivity contribution in [2.24, 2.45) is 11.3 Å². The Bertz CT molecular complexity index is 632. The number of halogens is 2. The number of nitrogens with zero attached hydrogens (tertiary/aromatic N) is 2. The zero-order valence-electron chi connectivity index (χ0n) is 14.9. The van der Waals surface area contributed by atoms with Crippen molar-refractivity contribution >= 4 is 17.5 Å². The van der Waals surface area contributed by atoms with Gasteiger partial charge >= 0.3 is 0 Å². The molecule has 2 aliphatic rings.